The van der Waals surface area contributed by atoms with Crippen LogP contribution < -0.4 is 4.31 Å². The SMILES string of the molecule is Cc1csnc1-c1c(O)cccc1CN1CC[C@]2(CCS(=O)(=O)N2c2cnccn2)C[C@@H]1C. The zero-order chi connectivity index (χ0) is 23.2. The Kier molecular flexibility index (Phi) is 5.62. The molecule has 0 bridgehead atoms. The highest BCUT2D eigenvalue weighted by molar-refractivity contribution is 7.93. The van der Waals surface area contributed by atoms with Crippen LogP contribution in [0.25, 0.3) is 11.3 Å². The van der Waals surface area contributed by atoms with Gasteiger partial charge in [-0.15, -0.1) is 0 Å². The number of phenols is 1. The number of benzene rings is 1. The fourth-order valence-electron chi connectivity index (χ4n) is 5.33. The largest absolute Gasteiger partial charge is 0.507 e. The minimum atomic E-state index is -3.42. The third-order valence-electron chi connectivity index (χ3n) is 6.94. The molecule has 10 heteroatoms. The van der Waals surface area contributed by atoms with Gasteiger partial charge >= 0.3 is 0 Å². The molecule has 1 aromatic carbocycles. The summed E-state index contributed by atoms with van der Waals surface area (Å²) in [6.07, 6.45) is 6.67. The minimum absolute atomic E-state index is 0.135. The number of aryl methyl sites for hydroxylation is 1. The van der Waals surface area contributed by atoms with E-state index in [1.54, 1.807) is 22.8 Å². The average molecular weight is 486 g/mol. The van der Waals surface area contributed by atoms with Gasteiger partial charge in [-0.1, -0.05) is 12.1 Å². The standard InChI is InChI=1S/C23H27N5O3S2/c1-16-15-32-26-22(16)21-18(4-3-5-19(21)29)14-27-10-6-23(12-17(27)2)7-11-33(30,31)28(23)20-13-24-8-9-25-20/h3-5,8-9,13,15,17,29H,6-7,10-12,14H2,1-2H3/t17-,23-/m0/s1. The number of rotatable bonds is 4. The van der Waals surface area contributed by atoms with Crippen molar-refractivity contribution in [2.24, 2.45) is 0 Å². The van der Waals surface area contributed by atoms with E-state index in [9.17, 15) is 13.5 Å². The van der Waals surface area contributed by atoms with Gasteiger partial charge in [0.1, 0.15) is 5.75 Å². The van der Waals surface area contributed by atoms with Gasteiger partial charge in [-0.3, -0.25) is 9.88 Å². The smallest absolute Gasteiger partial charge is 0.236 e. The van der Waals surface area contributed by atoms with Gasteiger partial charge in [0.15, 0.2) is 5.82 Å². The Hall–Kier alpha value is -2.56. The summed E-state index contributed by atoms with van der Waals surface area (Å²) in [5.74, 6) is 0.777. The van der Waals surface area contributed by atoms with E-state index in [0.717, 1.165) is 35.3 Å². The van der Waals surface area contributed by atoms with Crippen LogP contribution in [0.1, 0.15) is 37.3 Å². The third-order valence-corrected chi connectivity index (χ3v) is 9.54. The third kappa shape index (κ3) is 3.89. The molecule has 2 aromatic heterocycles. The van der Waals surface area contributed by atoms with Gasteiger partial charge in [0.2, 0.25) is 10.0 Å². The maximum Gasteiger partial charge on any atom is 0.236 e. The quantitative estimate of drug-likeness (QED) is 0.603. The van der Waals surface area contributed by atoms with Gasteiger partial charge in [0.05, 0.1) is 23.2 Å². The van der Waals surface area contributed by atoms with Crippen LogP contribution in [0.3, 0.4) is 0 Å². The monoisotopic (exact) mass is 485 g/mol. The Morgan fingerprint density at radius 1 is 1.27 bits per heavy atom. The summed E-state index contributed by atoms with van der Waals surface area (Å²) >= 11 is 1.39. The van der Waals surface area contributed by atoms with Crippen molar-refractivity contribution in [2.45, 2.75) is 51.2 Å². The first-order valence-corrected chi connectivity index (χ1v) is 13.5. The predicted molar refractivity (Wildman–Crippen MR) is 129 cm³/mol. The van der Waals surface area contributed by atoms with Gasteiger partial charge in [-0.05, 0) is 61.8 Å². The lowest BCUT2D eigenvalue weighted by atomic mass is 9.81. The first kappa shape index (κ1) is 22.2. The van der Waals surface area contributed by atoms with E-state index in [2.05, 4.69) is 26.2 Å². The van der Waals surface area contributed by atoms with Gasteiger partial charge in [-0.2, -0.15) is 4.37 Å². The summed E-state index contributed by atoms with van der Waals surface area (Å²) in [6, 6.07) is 5.76. The molecule has 5 rings (SSSR count). The molecular formula is C23H27N5O3S2. The van der Waals surface area contributed by atoms with Crippen molar-refractivity contribution in [2.75, 3.05) is 16.6 Å². The van der Waals surface area contributed by atoms with Crippen LogP contribution in [0.5, 0.6) is 5.75 Å². The van der Waals surface area contributed by atoms with Gasteiger partial charge < -0.3 is 5.11 Å². The fourth-order valence-corrected chi connectivity index (χ4v) is 8.04. The van der Waals surface area contributed by atoms with Crippen molar-refractivity contribution in [3.05, 3.63) is 53.3 Å². The van der Waals surface area contributed by atoms with Crippen molar-refractivity contribution < 1.29 is 13.5 Å². The van der Waals surface area contributed by atoms with E-state index >= 15 is 0 Å². The van der Waals surface area contributed by atoms with Gasteiger partial charge in [0.25, 0.3) is 0 Å². The van der Waals surface area contributed by atoms with E-state index in [1.165, 1.54) is 17.7 Å². The summed E-state index contributed by atoms with van der Waals surface area (Å²) in [5.41, 5.74) is 3.21. The number of likely N-dealkylation sites (tertiary alicyclic amines) is 1. The van der Waals surface area contributed by atoms with E-state index in [0.29, 0.717) is 25.2 Å². The van der Waals surface area contributed by atoms with Crippen LogP contribution in [0.15, 0.2) is 42.2 Å². The molecule has 2 aliphatic rings. The molecule has 174 valence electrons. The molecule has 2 aliphatic heterocycles. The van der Waals surface area contributed by atoms with Crippen LogP contribution in [-0.4, -0.2) is 56.6 Å². The Morgan fingerprint density at radius 2 is 2.12 bits per heavy atom. The highest BCUT2D eigenvalue weighted by atomic mass is 32.2. The first-order chi connectivity index (χ1) is 15.8. The van der Waals surface area contributed by atoms with Gasteiger partial charge in [0, 0.05) is 42.5 Å². The molecule has 0 aliphatic carbocycles. The molecule has 1 spiro atoms. The van der Waals surface area contributed by atoms with Crippen LogP contribution in [0, 0.1) is 6.92 Å². The number of phenolic OH excluding ortho intramolecular Hbond substituents is 1. The van der Waals surface area contributed by atoms with Crippen LogP contribution in [0.4, 0.5) is 5.82 Å². The second-order valence-corrected chi connectivity index (χ2v) is 11.6. The molecule has 2 fully saturated rings. The number of aromatic nitrogens is 3. The normalized spacial score (nSPS) is 25.0. The highest BCUT2D eigenvalue weighted by Crippen LogP contribution is 2.45. The van der Waals surface area contributed by atoms with E-state index in [1.807, 2.05) is 24.4 Å². The predicted octanol–water partition coefficient (Wildman–Crippen LogP) is 3.58. The summed E-state index contributed by atoms with van der Waals surface area (Å²) in [5, 5.41) is 12.6. The zero-order valence-corrected chi connectivity index (χ0v) is 20.3. The molecule has 0 saturated carbocycles. The molecule has 4 heterocycles. The lowest BCUT2D eigenvalue weighted by Crippen LogP contribution is -2.56. The number of hydrogen-bond acceptors (Lipinski definition) is 8. The average Bonchev–Trinajstić information content (AvgIpc) is 3.31. The molecule has 0 radical (unpaired) electrons. The zero-order valence-electron chi connectivity index (χ0n) is 18.7. The molecule has 1 N–H and O–H groups in total. The van der Waals surface area contributed by atoms with Gasteiger partial charge in [-0.25, -0.2) is 17.7 Å². The molecule has 0 unspecified atom stereocenters. The number of aromatic hydroxyl groups is 1. The molecule has 8 nitrogen and oxygen atoms in total. The van der Waals surface area contributed by atoms with Crippen molar-refractivity contribution in [1.82, 2.24) is 19.2 Å². The number of piperidine rings is 1. The molecule has 3 aromatic rings. The first-order valence-electron chi connectivity index (χ1n) is 11.1. The number of nitrogens with zero attached hydrogens (tertiary/aromatic N) is 5. The fraction of sp³-hybridized carbons (Fsp3) is 0.435. The minimum Gasteiger partial charge on any atom is -0.507 e. The van der Waals surface area contributed by atoms with Crippen LogP contribution >= 0.6 is 11.5 Å². The number of anilines is 1. The van der Waals surface area contributed by atoms with E-state index < -0.39 is 15.6 Å². The second kappa shape index (κ2) is 8.34. The Morgan fingerprint density at radius 3 is 2.82 bits per heavy atom. The number of sulfonamides is 1. The Labute approximate surface area is 198 Å². The second-order valence-electron chi connectivity index (χ2n) is 9.05. The molecule has 2 saturated heterocycles. The van der Waals surface area contributed by atoms with Crippen LogP contribution in [0.2, 0.25) is 0 Å². The van der Waals surface area contributed by atoms with Crippen molar-refractivity contribution in [3.63, 3.8) is 0 Å². The van der Waals surface area contributed by atoms with E-state index in [-0.39, 0.29) is 17.5 Å². The van der Waals surface area contributed by atoms with Crippen molar-refractivity contribution >= 4 is 27.4 Å². The molecule has 33 heavy (non-hydrogen) atoms. The summed E-state index contributed by atoms with van der Waals surface area (Å²) in [7, 11) is -3.42. The maximum atomic E-state index is 13.0. The van der Waals surface area contributed by atoms with Crippen molar-refractivity contribution in [1.29, 1.82) is 0 Å². The summed E-state index contributed by atoms with van der Waals surface area (Å²) in [4.78, 5) is 10.8. The van der Waals surface area contributed by atoms with Crippen molar-refractivity contribution in [3.8, 4) is 17.0 Å². The summed E-state index contributed by atoms with van der Waals surface area (Å²) < 4.78 is 32.0. The topological polar surface area (TPSA) is 99.5 Å². The lowest BCUT2D eigenvalue weighted by Gasteiger charge is -2.47. The Bertz CT molecular complexity index is 1260. The Balaban J connectivity index is 1.42. The molecular weight excluding hydrogens is 458 g/mol. The summed E-state index contributed by atoms with van der Waals surface area (Å²) in [6.45, 7) is 5.57. The van der Waals surface area contributed by atoms with E-state index in [4.69, 9.17) is 0 Å². The lowest BCUT2D eigenvalue weighted by molar-refractivity contribution is 0.102. The molecule has 0 amide bonds. The van der Waals surface area contributed by atoms with Crippen LogP contribution in [-0.2, 0) is 16.6 Å². The number of hydrogen-bond donors (Lipinski definition) is 1. The highest BCUT2D eigenvalue weighted by Gasteiger charge is 2.53. The molecule has 2 atom stereocenters. The maximum absolute atomic E-state index is 13.0.